The number of fused-ring (bicyclic) bond motifs is 2. The zero-order valence-corrected chi connectivity index (χ0v) is 16.0. The Bertz CT molecular complexity index is 1020. The van der Waals surface area contributed by atoms with Gasteiger partial charge in [0.15, 0.2) is 17.2 Å². The summed E-state index contributed by atoms with van der Waals surface area (Å²) in [5, 5.41) is 26.5. The normalized spacial score (nSPS) is 25.9. The summed E-state index contributed by atoms with van der Waals surface area (Å²) in [6, 6.07) is 5.15. The molecule has 1 amide bonds. The Morgan fingerprint density at radius 3 is 2.63 bits per heavy atom. The topological polar surface area (TPSA) is 81.6 Å². The Labute approximate surface area is 169 Å². The quantitative estimate of drug-likeness (QED) is 0.540. The minimum absolute atomic E-state index is 0.0232. The number of hydrogen-bond donors (Lipinski definition) is 4. The highest BCUT2D eigenvalue weighted by molar-refractivity contribution is 5.95. The van der Waals surface area contributed by atoms with Gasteiger partial charge in [0.1, 0.15) is 0 Å². The lowest BCUT2D eigenvalue weighted by atomic mass is 9.70. The van der Waals surface area contributed by atoms with Crippen molar-refractivity contribution in [3.05, 3.63) is 52.8 Å². The molecule has 0 fully saturated rings. The molecule has 1 heterocycles. The van der Waals surface area contributed by atoms with Crippen molar-refractivity contribution >= 4 is 17.3 Å². The second-order valence-electron chi connectivity index (χ2n) is 7.88. The van der Waals surface area contributed by atoms with E-state index < -0.39 is 41.7 Å². The number of amides is 1. The molecule has 30 heavy (non-hydrogen) atoms. The van der Waals surface area contributed by atoms with Gasteiger partial charge in [0.2, 0.25) is 5.91 Å². The van der Waals surface area contributed by atoms with Crippen molar-refractivity contribution in [3.8, 4) is 5.75 Å². The van der Waals surface area contributed by atoms with Gasteiger partial charge >= 0.3 is 6.18 Å². The summed E-state index contributed by atoms with van der Waals surface area (Å²) in [5.41, 5.74) is -1.70. The lowest BCUT2D eigenvalue weighted by Crippen LogP contribution is -2.55. The van der Waals surface area contributed by atoms with Crippen LogP contribution in [0.15, 0.2) is 30.3 Å². The number of rotatable bonds is 2. The monoisotopic (exact) mass is 424 g/mol. The maximum atomic E-state index is 14.0. The molecule has 2 aromatic rings. The summed E-state index contributed by atoms with van der Waals surface area (Å²) in [6.07, 6.45) is -5.23. The summed E-state index contributed by atoms with van der Waals surface area (Å²) in [6.45, 7) is 1.41. The highest BCUT2D eigenvalue weighted by Gasteiger charge is 2.62. The van der Waals surface area contributed by atoms with Crippen LogP contribution in [-0.2, 0) is 11.2 Å². The third kappa shape index (κ3) is 3.08. The maximum absolute atomic E-state index is 14.0. The first-order valence-electron chi connectivity index (χ1n) is 9.51. The van der Waals surface area contributed by atoms with Crippen LogP contribution >= 0.6 is 0 Å². The zero-order valence-electron chi connectivity index (χ0n) is 16.0. The number of carbonyl (C=O) groups excluding carboxylic acids is 1. The first-order valence-corrected chi connectivity index (χ1v) is 9.51. The Hall–Kier alpha value is -2.81. The van der Waals surface area contributed by atoms with Crippen molar-refractivity contribution in [2.75, 3.05) is 10.6 Å². The molecule has 0 bridgehead atoms. The molecule has 1 aliphatic heterocycles. The lowest BCUT2D eigenvalue weighted by molar-refractivity contribution is -0.272. The molecule has 2 aliphatic rings. The van der Waals surface area contributed by atoms with E-state index >= 15 is 0 Å². The molecule has 1 aliphatic carbocycles. The Morgan fingerprint density at radius 1 is 1.20 bits per heavy atom. The first-order chi connectivity index (χ1) is 14.0. The number of aromatic hydroxyl groups is 1. The number of benzene rings is 2. The molecular formula is C21H20F4N2O3. The number of anilines is 2. The summed E-state index contributed by atoms with van der Waals surface area (Å²) in [7, 11) is 0. The fourth-order valence-corrected chi connectivity index (χ4v) is 4.50. The Morgan fingerprint density at radius 2 is 1.93 bits per heavy atom. The number of alkyl halides is 3. The average molecular weight is 424 g/mol. The molecule has 9 heteroatoms. The van der Waals surface area contributed by atoms with Gasteiger partial charge in [-0.2, -0.15) is 13.2 Å². The minimum Gasteiger partial charge on any atom is -0.505 e. The van der Waals surface area contributed by atoms with E-state index in [0.717, 1.165) is 12.1 Å². The smallest absolute Gasteiger partial charge is 0.419 e. The van der Waals surface area contributed by atoms with Gasteiger partial charge in [0.25, 0.3) is 0 Å². The van der Waals surface area contributed by atoms with Gasteiger partial charge < -0.3 is 20.8 Å². The predicted molar refractivity (Wildman–Crippen MR) is 102 cm³/mol. The van der Waals surface area contributed by atoms with E-state index in [1.165, 1.54) is 6.92 Å². The van der Waals surface area contributed by atoms with Crippen molar-refractivity contribution in [2.24, 2.45) is 0 Å². The zero-order chi connectivity index (χ0) is 21.8. The van der Waals surface area contributed by atoms with Gasteiger partial charge in [-0.25, -0.2) is 4.39 Å². The molecule has 1 unspecified atom stereocenters. The van der Waals surface area contributed by atoms with Crippen LogP contribution in [0.2, 0.25) is 0 Å². The van der Waals surface area contributed by atoms with E-state index in [1.54, 1.807) is 18.2 Å². The molecule has 160 valence electrons. The van der Waals surface area contributed by atoms with Gasteiger partial charge in [0, 0.05) is 23.4 Å². The average Bonchev–Trinajstić information content (AvgIpc) is 2.66. The number of phenols is 1. The van der Waals surface area contributed by atoms with Crippen LogP contribution in [0.3, 0.4) is 0 Å². The minimum atomic E-state index is -4.98. The van der Waals surface area contributed by atoms with E-state index in [9.17, 15) is 32.6 Å². The number of nitrogens with one attached hydrogen (secondary N) is 2. The SMILES string of the molecule is C[C@@H]1C[C@](O)(C(F)(F)F)C(Nc2cccc3c2CCC(=O)N3)c2ccc(F)c(O)c21. The van der Waals surface area contributed by atoms with E-state index in [2.05, 4.69) is 10.6 Å². The number of phenolic OH excluding ortho intramolecular Hbond substituents is 1. The molecule has 0 aromatic heterocycles. The standard InChI is InChI=1S/C21H20F4N2O3/c1-10-9-20(30,21(23,24)25)19(12-5-7-13(22)18(29)17(10)12)27-15-4-2-3-14-11(15)6-8-16(28)26-14/h2-5,7,10,19,27,29-30H,6,8-9H2,1H3,(H,26,28)/t10-,19?,20-/m1/s1. The van der Waals surface area contributed by atoms with E-state index in [0.29, 0.717) is 23.4 Å². The van der Waals surface area contributed by atoms with Gasteiger partial charge in [0.05, 0.1) is 6.04 Å². The number of halogens is 4. The van der Waals surface area contributed by atoms with Crippen molar-refractivity contribution in [1.82, 2.24) is 0 Å². The largest absolute Gasteiger partial charge is 0.505 e. The van der Waals surface area contributed by atoms with Crippen molar-refractivity contribution < 1.29 is 32.6 Å². The van der Waals surface area contributed by atoms with Gasteiger partial charge in [-0.3, -0.25) is 4.79 Å². The molecule has 0 saturated heterocycles. The molecule has 0 radical (unpaired) electrons. The maximum Gasteiger partial charge on any atom is 0.419 e. The molecule has 4 N–H and O–H groups in total. The third-order valence-electron chi connectivity index (χ3n) is 5.94. The second-order valence-corrected chi connectivity index (χ2v) is 7.88. The van der Waals surface area contributed by atoms with Crippen LogP contribution < -0.4 is 10.6 Å². The van der Waals surface area contributed by atoms with Crippen molar-refractivity contribution in [2.45, 2.75) is 49.9 Å². The van der Waals surface area contributed by atoms with Gasteiger partial charge in [-0.05, 0) is 48.1 Å². The molecule has 0 saturated carbocycles. The third-order valence-corrected chi connectivity index (χ3v) is 5.94. The van der Waals surface area contributed by atoms with Crippen LogP contribution in [0.1, 0.15) is 48.4 Å². The van der Waals surface area contributed by atoms with Crippen LogP contribution in [-0.4, -0.2) is 27.9 Å². The predicted octanol–water partition coefficient (Wildman–Crippen LogP) is 4.37. The van der Waals surface area contributed by atoms with Gasteiger partial charge in [-0.15, -0.1) is 0 Å². The van der Waals surface area contributed by atoms with Crippen LogP contribution in [0.25, 0.3) is 0 Å². The molecule has 2 aromatic carbocycles. The Balaban J connectivity index is 1.86. The summed E-state index contributed by atoms with van der Waals surface area (Å²) >= 11 is 0. The molecular weight excluding hydrogens is 404 g/mol. The second kappa shape index (κ2) is 6.87. The molecule has 4 rings (SSSR count). The highest BCUT2D eigenvalue weighted by atomic mass is 19.4. The fraction of sp³-hybridized carbons (Fsp3) is 0.381. The first kappa shape index (κ1) is 20.5. The fourth-order valence-electron chi connectivity index (χ4n) is 4.50. The summed E-state index contributed by atoms with van der Waals surface area (Å²) in [4.78, 5) is 11.6. The summed E-state index contributed by atoms with van der Waals surface area (Å²) in [5.74, 6) is -2.76. The molecule has 5 nitrogen and oxygen atoms in total. The molecule has 0 spiro atoms. The number of hydrogen-bond acceptors (Lipinski definition) is 4. The van der Waals surface area contributed by atoms with Crippen molar-refractivity contribution in [3.63, 3.8) is 0 Å². The van der Waals surface area contributed by atoms with Crippen LogP contribution in [0, 0.1) is 5.82 Å². The number of carbonyl (C=O) groups is 1. The van der Waals surface area contributed by atoms with Crippen LogP contribution in [0.5, 0.6) is 5.75 Å². The lowest BCUT2D eigenvalue weighted by Gasteiger charge is -2.45. The van der Waals surface area contributed by atoms with E-state index in [4.69, 9.17) is 0 Å². The number of aliphatic hydroxyl groups is 1. The summed E-state index contributed by atoms with van der Waals surface area (Å²) < 4.78 is 56.0. The Kier molecular flexibility index (Phi) is 4.68. The highest BCUT2D eigenvalue weighted by Crippen LogP contribution is 2.54. The van der Waals surface area contributed by atoms with E-state index in [1.807, 2.05) is 0 Å². The van der Waals surface area contributed by atoms with E-state index in [-0.39, 0.29) is 23.5 Å². The van der Waals surface area contributed by atoms with Gasteiger partial charge in [-0.1, -0.05) is 19.1 Å². The van der Waals surface area contributed by atoms with Crippen molar-refractivity contribution in [1.29, 1.82) is 0 Å². The van der Waals surface area contributed by atoms with Crippen LogP contribution in [0.4, 0.5) is 28.9 Å². The molecule has 3 atom stereocenters.